The van der Waals surface area contributed by atoms with Gasteiger partial charge in [0.15, 0.2) is 11.6 Å². The van der Waals surface area contributed by atoms with E-state index in [1.54, 1.807) is 0 Å². The Hall–Kier alpha value is -1.52. The molecule has 2 atom stereocenters. The lowest BCUT2D eigenvalue weighted by molar-refractivity contribution is 0.0771. The lowest BCUT2D eigenvalue weighted by Gasteiger charge is -2.06. The summed E-state index contributed by atoms with van der Waals surface area (Å²) in [6, 6.07) is 5.85. The van der Waals surface area contributed by atoms with Crippen LogP contribution >= 0.6 is 0 Å². The van der Waals surface area contributed by atoms with Crippen LogP contribution in [0.5, 0.6) is 0 Å². The summed E-state index contributed by atoms with van der Waals surface area (Å²) in [7, 11) is 0. The summed E-state index contributed by atoms with van der Waals surface area (Å²) in [5.74, 6) is -0.785. The first-order chi connectivity index (χ1) is 7.43. The third-order valence-electron chi connectivity index (χ3n) is 2.21. The fourth-order valence-corrected chi connectivity index (χ4v) is 1.28. The van der Waals surface area contributed by atoms with E-state index >= 15 is 0 Å². The zero-order chi connectivity index (χ0) is 12.3. The molecule has 0 aromatic heterocycles. The number of carbonyl (C=O) groups is 2. The molecular weight excluding hydrogens is 208 g/mol. The van der Waals surface area contributed by atoms with E-state index in [4.69, 9.17) is 10.2 Å². The van der Waals surface area contributed by atoms with Gasteiger partial charge < -0.3 is 10.2 Å². The summed E-state index contributed by atoms with van der Waals surface area (Å²) in [5, 5.41) is 18.2. The molecule has 0 radical (unpaired) electrons. The molecule has 2 N–H and O–H groups in total. The van der Waals surface area contributed by atoms with Crippen LogP contribution in [-0.2, 0) is 0 Å². The maximum Gasteiger partial charge on any atom is 0.190 e. The van der Waals surface area contributed by atoms with Gasteiger partial charge in [-0.05, 0) is 13.8 Å². The van der Waals surface area contributed by atoms with Gasteiger partial charge in [-0.15, -0.1) is 0 Å². The molecule has 0 saturated heterocycles. The van der Waals surface area contributed by atoms with Crippen molar-refractivity contribution in [2.75, 3.05) is 0 Å². The molecule has 86 valence electrons. The SMILES string of the molecule is C[C@H](O)C(=O)c1ccc(C(=O)[C@H](C)O)cc1. The predicted molar refractivity (Wildman–Crippen MR) is 58.5 cm³/mol. The van der Waals surface area contributed by atoms with Gasteiger partial charge in [0.05, 0.1) is 0 Å². The van der Waals surface area contributed by atoms with E-state index in [2.05, 4.69) is 0 Å². The van der Waals surface area contributed by atoms with E-state index in [-0.39, 0.29) is 0 Å². The van der Waals surface area contributed by atoms with Gasteiger partial charge in [0.1, 0.15) is 12.2 Å². The van der Waals surface area contributed by atoms with Gasteiger partial charge >= 0.3 is 0 Å². The minimum atomic E-state index is -1.06. The Morgan fingerprint density at radius 1 is 0.875 bits per heavy atom. The van der Waals surface area contributed by atoms with E-state index in [0.29, 0.717) is 11.1 Å². The molecule has 0 amide bonds. The summed E-state index contributed by atoms with van der Waals surface area (Å²) in [6.07, 6.45) is -2.11. The molecular formula is C12H14O4. The summed E-state index contributed by atoms with van der Waals surface area (Å²) in [6.45, 7) is 2.77. The zero-order valence-electron chi connectivity index (χ0n) is 9.18. The Labute approximate surface area is 93.5 Å². The zero-order valence-corrected chi connectivity index (χ0v) is 9.18. The fraction of sp³-hybridized carbons (Fsp3) is 0.333. The molecule has 0 spiro atoms. The van der Waals surface area contributed by atoms with Gasteiger partial charge in [-0.2, -0.15) is 0 Å². The van der Waals surface area contributed by atoms with Crippen molar-refractivity contribution in [3.63, 3.8) is 0 Å². The van der Waals surface area contributed by atoms with Gasteiger partial charge in [-0.3, -0.25) is 9.59 Å². The van der Waals surface area contributed by atoms with Crippen LogP contribution in [0.3, 0.4) is 0 Å². The summed E-state index contributed by atoms with van der Waals surface area (Å²) >= 11 is 0. The Morgan fingerprint density at radius 3 is 1.31 bits per heavy atom. The quantitative estimate of drug-likeness (QED) is 0.739. The molecule has 4 heteroatoms. The van der Waals surface area contributed by atoms with Crippen LogP contribution in [-0.4, -0.2) is 34.0 Å². The Kier molecular flexibility index (Phi) is 3.93. The maximum atomic E-state index is 11.4. The van der Waals surface area contributed by atoms with E-state index in [9.17, 15) is 9.59 Å². The second-order valence-electron chi connectivity index (χ2n) is 3.66. The molecule has 1 aromatic carbocycles. The maximum absolute atomic E-state index is 11.4. The molecule has 0 aliphatic heterocycles. The molecule has 4 nitrogen and oxygen atoms in total. The van der Waals surface area contributed by atoms with Crippen LogP contribution in [0.15, 0.2) is 24.3 Å². The smallest absolute Gasteiger partial charge is 0.190 e. The molecule has 0 saturated carbocycles. The number of Topliss-reactive ketones (excluding diaryl/α,β-unsaturated/α-hetero) is 2. The predicted octanol–water partition coefficient (Wildman–Crippen LogP) is 0.814. The summed E-state index contributed by atoms with van der Waals surface area (Å²) in [4.78, 5) is 22.8. The average Bonchev–Trinajstić information content (AvgIpc) is 2.27. The minimum Gasteiger partial charge on any atom is -0.385 e. The molecule has 16 heavy (non-hydrogen) atoms. The van der Waals surface area contributed by atoms with Crippen molar-refractivity contribution >= 4 is 11.6 Å². The van der Waals surface area contributed by atoms with Crippen LogP contribution in [0.4, 0.5) is 0 Å². The van der Waals surface area contributed by atoms with Crippen LogP contribution in [0.25, 0.3) is 0 Å². The van der Waals surface area contributed by atoms with Gasteiger partial charge in [0, 0.05) is 11.1 Å². The first-order valence-corrected chi connectivity index (χ1v) is 4.98. The molecule has 0 unspecified atom stereocenters. The van der Waals surface area contributed by atoms with Crippen molar-refractivity contribution in [2.45, 2.75) is 26.1 Å². The van der Waals surface area contributed by atoms with E-state index in [1.165, 1.54) is 38.1 Å². The number of aliphatic hydroxyl groups is 2. The number of aliphatic hydroxyl groups excluding tert-OH is 2. The first kappa shape index (κ1) is 12.5. The third-order valence-corrected chi connectivity index (χ3v) is 2.21. The highest BCUT2D eigenvalue weighted by Gasteiger charge is 2.14. The lowest BCUT2D eigenvalue weighted by Crippen LogP contribution is -2.18. The molecule has 0 bridgehead atoms. The van der Waals surface area contributed by atoms with E-state index in [1.807, 2.05) is 0 Å². The topological polar surface area (TPSA) is 74.6 Å². The van der Waals surface area contributed by atoms with Crippen LogP contribution in [0, 0.1) is 0 Å². The van der Waals surface area contributed by atoms with Crippen LogP contribution in [0.2, 0.25) is 0 Å². The first-order valence-electron chi connectivity index (χ1n) is 4.98. The Bertz CT molecular complexity index is 351. The molecule has 0 aliphatic carbocycles. The molecule has 1 aromatic rings. The lowest BCUT2D eigenvalue weighted by atomic mass is 10.0. The van der Waals surface area contributed by atoms with E-state index in [0.717, 1.165) is 0 Å². The van der Waals surface area contributed by atoms with E-state index < -0.39 is 23.8 Å². The number of hydrogen-bond acceptors (Lipinski definition) is 4. The number of carbonyl (C=O) groups excluding carboxylic acids is 2. The van der Waals surface area contributed by atoms with Gasteiger partial charge in [0.2, 0.25) is 0 Å². The highest BCUT2D eigenvalue weighted by Crippen LogP contribution is 2.09. The molecule has 0 fully saturated rings. The second-order valence-corrected chi connectivity index (χ2v) is 3.66. The van der Waals surface area contributed by atoms with Crippen molar-refractivity contribution in [1.29, 1.82) is 0 Å². The monoisotopic (exact) mass is 222 g/mol. The summed E-state index contributed by atoms with van der Waals surface area (Å²) < 4.78 is 0. The normalized spacial score (nSPS) is 14.2. The summed E-state index contributed by atoms with van der Waals surface area (Å²) in [5.41, 5.74) is 0.689. The minimum absolute atomic E-state index is 0.345. The number of hydrogen-bond donors (Lipinski definition) is 2. The highest BCUT2D eigenvalue weighted by atomic mass is 16.3. The van der Waals surface area contributed by atoms with Crippen molar-refractivity contribution < 1.29 is 19.8 Å². The van der Waals surface area contributed by atoms with Crippen molar-refractivity contribution in [3.05, 3.63) is 35.4 Å². The Balaban J connectivity index is 2.92. The third kappa shape index (κ3) is 2.74. The highest BCUT2D eigenvalue weighted by molar-refractivity contribution is 6.02. The average molecular weight is 222 g/mol. The molecule has 0 aliphatic rings. The van der Waals surface area contributed by atoms with Crippen molar-refractivity contribution in [2.24, 2.45) is 0 Å². The Morgan fingerprint density at radius 2 is 1.12 bits per heavy atom. The standard InChI is InChI=1S/C12H14O4/c1-7(13)11(15)9-3-5-10(6-4-9)12(16)8(2)14/h3-8,13-14H,1-2H3/t7-,8-/m0/s1. The molecule has 0 heterocycles. The number of benzene rings is 1. The second kappa shape index (κ2) is 5.01. The van der Waals surface area contributed by atoms with Crippen LogP contribution < -0.4 is 0 Å². The number of ketones is 2. The number of rotatable bonds is 4. The van der Waals surface area contributed by atoms with Gasteiger partial charge in [-0.25, -0.2) is 0 Å². The largest absolute Gasteiger partial charge is 0.385 e. The van der Waals surface area contributed by atoms with Gasteiger partial charge in [0.25, 0.3) is 0 Å². The van der Waals surface area contributed by atoms with Crippen molar-refractivity contribution in [3.8, 4) is 0 Å². The van der Waals surface area contributed by atoms with Crippen molar-refractivity contribution in [1.82, 2.24) is 0 Å². The van der Waals surface area contributed by atoms with Gasteiger partial charge in [-0.1, -0.05) is 24.3 Å². The molecule has 1 rings (SSSR count). The van der Waals surface area contributed by atoms with Crippen LogP contribution in [0.1, 0.15) is 34.6 Å². The fourth-order valence-electron chi connectivity index (χ4n) is 1.28.